The van der Waals surface area contributed by atoms with E-state index in [0.717, 1.165) is 11.1 Å². The quantitative estimate of drug-likeness (QED) is 0.764. The molecule has 2 atom stereocenters. The number of sulfone groups is 1. The molecule has 0 saturated heterocycles. The smallest absolute Gasteiger partial charge is 0.229 e. The highest BCUT2D eigenvalue weighted by Crippen LogP contribution is 2.43. The van der Waals surface area contributed by atoms with Crippen LogP contribution in [0.1, 0.15) is 18.6 Å². The highest BCUT2D eigenvalue weighted by atomic mass is 79.9. The van der Waals surface area contributed by atoms with Crippen LogP contribution in [0.25, 0.3) is 11.1 Å². The summed E-state index contributed by atoms with van der Waals surface area (Å²) in [7, 11) is -3.68. The molecule has 22 heavy (non-hydrogen) atoms. The van der Waals surface area contributed by atoms with Crippen LogP contribution in [0.3, 0.4) is 0 Å². The lowest BCUT2D eigenvalue weighted by Gasteiger charge is -2.26. The van der Waals surface area contributed by atoms with Crippen LogP contribution in [-0.4, -0.2) is 22.4 Å². The molecule has 0 bridgehead atoms. The zero-order valence-corrected chi connectivity index (χ0v) is 15.1. The van der Waals surface area contributed by atoms with Gasteiger partial charge in [-0.25, -0.2) is 8.42 Å². The third-order valence-electron chi connectivity index (χ3n) is 3.45. The standard InChI is InChI=1S/C16H16BrClO3S/c1-2-22(20,21)16(17,18)15(19)14-10-8-13(9-11-14)12-6-4-3-5-7-12/h3-11,15,19H,2H2,1H3/t15-,16+/m0/s1. The van der Waals surface area contributed by atoms with Crippen LogP contribution in [0.15, 0.2) is 54.6 Å². The van der Waals surface area contributed by atoms with Gasteiger partial charge >= 0.3 is 0 Å². The number of alkyl halides is 2. The molecule has 118 valence electrons. The zero-order chi connectivity index (χ0) is 16.4. The molecule has 2 aromatic rings. The van der Waals surface area contributed by atoms with Crippen LogP contribution >= 0.6 is 27.5 Å². The normalized spacial score (nSPS) is 16.0. The molecule has 2 aromatic carbocycles. The molecule has 3 nitrogen and oxygen atoms in total. The molecule has 0 aromatic heterocycles. The summed E-state index contributed by atoms with van der Waals surface area (Å²) >= 11 is 9.01. The summed E-state index contributed by atoms with van der Waals surface area (Å²) in [6, 6.07) is 16.8. The number of aliphatic hydroxyl groups is 1. The average molecular weight is 404 g/mol. The van der Waals surface area contributed by atoms with E-state index in [1.54, 1.807) is 12.1 Å². The van der Waals surface area contributed by atoms with Crippen molar-refractivity contribution in [1.29, 1.82) is 0 Å². The number of aliphatic hydroxyl groups excluding tert-OH is 1. The van der Waals surface area contributed by atoms with Crippen molar-refractivity contribution in [2.75, 3.05) is 5.75 Å². The second-order valence-corrected chi connectivity index (χ2v) is 10.4. The first-order valence-corrected chi connectivity index (χ1v) is 9.55. The summed E-state index contributed by atoms with van der Waals surface area (Å²) in [6.45, 7) is 1.49. The molecular weight excluding hydrogens is 388 g/mol. The maximum atomic E-state index is 12.0. The Morgan fingerprint density at radius 1 is 1.09 bits per heavy atom. The Bertz CT molecular complexity index is 728. The third-order valence-corrected chi connectivity index (χ3v) is 8.08. The van der Waals surface area contributed by atoms with Crippen LogP contribution in [0.5, 0.6) is 0 Å². The first kappa shape index (κ1) is 17.5. The van der Waals surface area contributed by atoms with E-state index in [1.165, 1.54) is 6.92 Å². The van der Waals surface area contributed by atoms with Crippen molar-refractivity contribution in [3.05, 3.63) is 60.2 Å². The fraction of sp³-hybridized carbons (Fsp3) is 0.250. The Morgan fingerprint density at radius 2 is 1.59 bits per heavy atom. The number of hydrogen-bond donors (Lipinski definition) is 1. The van der Waals surface area contributed by atoms with Crippen LogP contribution in [0, 0.1) is 0 Å². The monoisotopic (exact) mass is 402 g/mol. The lowest BCUT2D eigenvalue weighted by molar-refractivity contribution is 0.185. The molecule has 0 heterocycles. The Balaban J connectivity index is 2.31. The van der Waals surface area contributed by atoms with Gasteiger partial charge in [-0.1, -0.05) is 73.1 Å². The zero-order valence-electron chi connectivity index (χ0n) is 11.9. The summed E-state index contributed by atoms with van der Waals surface area (Å²) < 4.78 is 22.0. The van der Waals surface area contributed by atoms with Gasteiger partial charge in [0, 0.05) is 0 Å². The second kappa shape index (κ2) is 6.71. The largest absolute Gasteiger partial charge is 0.385 e. The van der Waals surface area contributed by atoms with E-state index in [1.807, 2.05) is 42.5 Å². The van der Waals surface area contributed by atoms with Gasteiger partial charge in [0.25, 0.3) is 0 Å². The molecule has 0 saturated carbocycles. The van der Waals surface area contributed by atoms with Crippen LogP contribution in [0.2, 0.25) is 0 Å². The SMILES string of the molecule is CCS(=O)(=O)[C@@](Cl)(Br)[C@@H](O)c1ccc(-c2ccccc2)cc1. The van der Waals surface area contributed by atoms with E-state index in [-0.39, 0.29) is 5.75 Å². The van der Waals surface area contributed by atoms with Gasteiger partial charge in [-0.3, -0.25) is 0 Å². The van der Waals surface area contributed by atoms with E-state index < -0.39 is 19.1 Å². The number of rotatable bonds is 5. The summed E-state index contributed by atoms with van der Waals surface area (Å²) in [4.78, 5) is 0. The summed E-state index contributed by atoms with van der Waals surface area (Å²) in [6.07, 6.45) is -1.37. The molecule has 0 unspecified atom stereocenters. The van der Waals surface area contributed by atoms with Gasteiger partial charge < -0.3 is 5.11 Å². The molecule has 1 N–H and O–H groups in total. The van der Waals surface area contributed by atoms with Crippen LogP contribution < -0.4 is 0 Å². The van der Waals surface area contributed by atoms with Crippen molar-refractivity contribution in [2.24, 2.45) is 0 Å². The van der Waals surface area contributed by atoms with Crippen molar-refractivity contribution in [2.45, 2.75) is 16.1 Å². The molecule has 6 heteroatoms. The average Bonchev–Trinajstić information content (AvgIpc) is 2.55. The van der Waals surface area contributed by atoms with E-state index >= 15 is 0 Å². The maximum Gasteiger partial charge on any atom is 0.229 e. The van der Waals surface area contributed by atoms with Gasteiger partial charge in [0.15, 0.2) is 9.84 Å². The number of benzene rings is 2. The van der Waals surface area contributed by atoms with Gasteiger partial charge in [-0.15, -0.1) is 0 Å². The van der Waals surface area contributed by atoms with Crippen molar-refractivity contribution in [3.8, 4) is 11.1 Å². The van der Waals surface area contributed by atoms with Gasteiger partial charge in [0.2, 0.25) is 3.12 Å². The van der Waals surface area contributed by atoms with E-state index in [9.17, 15) is 13.5 Å². The molecule has 0 radical (unpaired) electrons. The summed E-state index contributed by atoms with van der Waals surface area (Å²) in [5.41, 5.74) is 2.45. The third kappa shape index (κ3) is 3.38. The van der Waals surface area contributed by atoms with Gasteiger partial charge in [0.05, 0.1) is 5.75 Å². The van der Waals surface area contributed by atoms with E-state index in [0.29, 0.717) is 5.56 Å². The van der Waals surface area contributed by atoms with Crippen molar-refractivity contribution in [3.63, 3.8) is 0 Å². The van der Waals surface area contributed by atoms with Gasteiger partial charge in [0.1, 0.15) is 6.10 Å². The first-order chi connectivity index (χ1) is 10.3. The van der Waals surface area contributed by atoms with Gasteiger partial charge in [-0.05, 0) is 32.6 Å². The first-order valence-electron chi connectivity index (χ1n) is 6.73. The second-order valence-electron chi connectivity index (χ2n) is 4.86. The molecule has 0 fully saturated rings. The minimum atomic E-state index is -3.68. The highest BCUT2D eigenvalue weighted by Gasteiger charge is 2.45. The summed E-state index contributed by atoms with van der Waals surface area (Å²) in [5.74, 6) is -0.166. The minimum Gasteiger partial charge on any atom is -0.385 e. The topological polar surface area (TPSA) is 54.4 Å². The number of hydrogen-bond acceptors (Lipinski definition) is 3. The lowest BCUT2D eigenvalue weighted by atomic mass is 10.0. The minimum absolute atomic E-state index is 0.166. The molecule has 2 rings (SSSR count). The predicted octanol–water partition coefficient (Wildman–Crippen LogP) is 4.11. The Labute approximate surface area is 144 Å². The molecular formula is C16H16BrClO3S. The summed E-state index contributed by atoms with van der Waals surface area (Å²) in [5, 5.41) is 10.3. The predicted molar refractivity (Wildman–Crippen MR) is 93.8 cm³/mol. The van der Waals surface area contributed by atoms with Crippen LogP contribution in [-0.2, 0) is 9.84 Å². The fourth-order valence-corrected chi connectivity index (χ4v) is 4.31. The Morgan fingerprint density at radius 3 is 2.09 bits per heavy atom. The Hall–Kier alpha value is -0.880. The molecule has 0 spiro atoms. The maximum absolute atomic E-state index is 12.0. The van der Waals surface area contributed by atoms with Crippen molar-refractivity contribution < 1.29 is 13.5 Å². The number of halogens is 2. The highest BCUT2D eigenvalue weighted by molar-refractivity contribution is 9.12. The van der Waals surface area contributed by atoms with Crippen LogP contribution in [0.4, 0.5) is 0 Å². The molecule has 0 aliphatic carbocycles. The lowest BCUT2D eigenvalue weighted by Crippen LogP contribution is -2.34. The Kier molecular flexibility index (Phi) is 5.33. The van der Waals surface area contributed by atoms with Crippen molar-refractivity contribution >= 4 is 37.4 Å². The molecule has 0 aliphatic rings. The van der Waals surface area contributed by atoms with E-state index in [2.05, 4.69) is 15.9 Å². The molecule has 0 amide bonds. The molecule has 0 aliphatic heterocycles. The fourth-order valence-electron chi connectivity index (χ4n) is 2.05. The van der Waals surface area contributed by atoms with Gasteiger partial charge in [-0.2, -0.15) is 0 Å². The van der Waals surface area contributed by atoms with E-state index in [4.69, 9.17) is 11.6 Å². The van der Waals surface area contributed by atoms with Crippen molar-refractivity contribution in [1.82, 2.24) is 0 Å².